The molecule has 6 heteroatoms. The van der Waals surface area contributed by atoms with Crippen LogP contribution in [0.2, 0.25) is 0 Å². The molecule has 0 aliphatic carbocycles. The number of carbonyl (C=O) groups is 2. The van der Waals surface area contributed by atoms with Gasteiger partial charge in [-0.2, -0.15) is 0 Å². The van der Waals surface area contributed by atoms with E-state index in [1.807, 2.05) is 48.7 Å². The summed E-state index contributed by atoms with van der Waals surface area (Å²) in [5.74, 6) is -0.600. The summed E-state index contributed by atoms with van der Waals surface area (Å²) in [5, 5.41) is 12.6. The maximum atomic E-state index is 13.1. The fourth-order valence-corrected chi connectivity index (χ4v) is 4.69. The Morgan fingerprint density at radius 2 is 1.97 bits per heavy atom. The average molecular weight is 407 g/mol. The van der Waals surface area contributed by atoms with E-state index >= 15 is 0 Å². The van der Waals surface area contributed by atoms with Crippen molar-refractivity contribution in [1.29, 1.82) is 0 Å². The van der Waals surface area contributed by atoms with Gasteiger partial charge >= 0.3 is 0 Å². The van der Waals surface area contributed by atoms with E-state index in [4.69, 9.17) is 4.42 Å². The fraction of sp³-hybridized carbons (Fsp3) is 0.217. The lowest BCUT2D eigenvalue weighted by Gasteiger charge is -2.25. The molecule has 1 aromatic carbocycles. The molecule has 0 radical (unpaired) electrons. The second-order valence-corrected chi connectivity index (χ2v) is 8.00. The number of benzene rings is 1. The van der Waals surface area contributed by atoms with Gasteiger partial charge in [0.2, 0.25) is 0 Å². The highest BCUT2D eigenvalue weighted by molar-refractivity contribution is 7.10. The number of ketones is 1. The van der Waals surface area contributed by atoms with Gasteiger partial charge in [-0.15, -0.1) is 11.3 Å². The Morgan fingerprint density at radius 1 is 1.17 bits per heavy atom. The molecule has 1 N–H and O–H groups in total. The second kappa shape index (κ2) is 8.09. The van der Waals surface area contributed by atoms with Crippen molar-refractivity contribution in [3.63, 3.8) is 0 Å². The Labute approximate surface area is 172 Å². The van der Waals surface area contributed by atoms with Gasteiger partial charge in [-0.3, -0.25) is 9.59 Å². The van der Waals surface area contributed by atoms with Crippen molar-refractivity contribution >= 4 is 23.0 Å². The third-order valence-electron chi connectivity index (χ3n) is 5.14. The average Bonchev–Trinajstić information content (AvgIpc) is 3.44. The number of amides is 1. The van der Waals surface area contributed by atoms with Crippen molar-refractivity contribution in [2.75, 3.05) is 0 Å². The summed E-state index contributed by atoms with van der Waals surface area (Å²) in [6.07, 6.45) is 2.33. The molecule has 1 aliphatic rings. The summed E-state index contributed by atoms with van der Waals surface area (Å²) in [6, 6.07) is 14.6. The third kappa shape index (κ3) is 3.76. The predicted molar refractivity (Wildman–Crippen MR) is 110 cm³/mol. The van der Waals surface area contributed by atoms with Crippen LogP contribution in [0.15, 0.2) is 75.9 Å². The lowest BCUT2D eigenvalue weighted by molar-refractivity contribution is -0.130. The molecule has 4 rings (SSSR count). The molecule has 1 aliphatic heterocycles. The lowest BCUT2D eigenvalue weighted by Crippen LogP contribution is -2.30. The number of hydrogen-bond donors (Lipinski definition) is 1. The third-order valence-corrected chi connectivity index (χ3v) is 6.22. The van der Waals surface area contributed by atoms with E-state index in [9.17, 15) is 14.7 Å². The molecule has 3 aromatic rings. The monoisotopic (exact) mass is 407 g/mol. The van der Waals surface area contributed by atoms with Gasteiger partial charge in [0.05, 0.1) is 18.4 Å². The van der Waals surface area contributed by atoms with Crippen LogP contribution < -0.4 is 0 Å². The Hall–Kier alpha value is -3.12. The summed E-state index contributed by atoms with van der Waals surface area (Å²) in [6.45, 7) is 2.14. The maximum absolute atomic E-state index is 13.1. The number of Topliss-reactive ketones (excluding diaryl/α,β-unsaturated/α-hetero) is 1. The molecule has 5 nitrogen and oxygen atoms in total. The van der Waals surface area contributed by atoms with Gasteiger partial charge in [-0.05, 0) is 48.1 Å². The standard InChI is InChI=1S/C23H21NO4S/c1-15-11-13-29-22(15)20-19(18(25)10-9-16-6-3-2-4-7-16)21(26)23(27)24(20)14-17-8-5-12-28-17/h2-8,11-13,20,26H,9-10,14H2,1H3. The van der Waals surface area contributed by atoms with Gasteiger partial charge in [0.25, 0.3) is 5.91 Å². The van der Waals surface area contributed by atoms with Crippen LogP contribution in [-0.4, -0.2) is 21.7 Å². The molecule has 148 valence electrons. The first kappa shape index (κ1) is 19.2. The number of hydrogen-bond acceptors (Lipinski definition) is 5. The zero-order valence-electron chi connectivity index (χ0n) is 16.0. The van der Waals surface area contributed by atoms with Gasteiger partial charge in [-0.1, -0.05) is 30.3 Å². The van der Waals surface area contributed by atoms with E-state index < -0.39 is 17.7 Å². The number of thiophene rings is 1. The highest BCUT2D eigenvalue weighted by Crippen LogP contribution is 2.42. The van der Waals surface area contributed by atoms with E-state index in [0.29, 0.717) is 12.2 Å². The minimum Gasteiger partial charge on any atom is -0.503 e. The molecule has 0 spiro atoms. The van der Waals surface area contributed by atoms with Gasteiger partial charge in [0, 0.05) is 11.3 Å². The van der Waals surface area contributed by atoms with Gasteiger partial charge < -0.3 is 14.4 Å². The molecule has 0 saturated carbocycles. The molecule has 1 amide bonds. The molecule has 0 fully saturated rings. The maximum Gasteiger partial charge on any atom is 0.290 e. The number of furan rings is 1. The zero-order chi connectivity index (χ0) is 20.4. The second-order valence-electron chi connectivity index (χ2n) is 7.05. The number of carbonyl (C=O) groups excluding carboxylic acids is 2. The summed E-state index contributed by atoms with van der Waals surface area (Å²) < 4.78 is 5.40. The Kier molecular flexibility index (Phi) is 5.36. The first-order valence-corrected chi connectivity index (χ1v) is 10.3. The smallest absolute Gasteiger partial charge is 0.290 e. The van der Waals surface area contributed by atoms with Crippen molar-refractivity contribution in [3.8, 4) is 0 Å². The van der Waals surface area contributed by atoms with E-state index in [0.717, 1.165) is 16.0 Å². The fourth-order valence-electron chi connectivity index (χ4n) is 3.65. The Balaban J connectivity index is 1.65. The van der Waals surface area contributed by atoms with Gasteiger partial charge in [0.15, 0.2) is 11.5 Å². The number of nitrogens with zero attached hydrogens (tertiary/aromatic N) is 1. The molecular formula is C23H21NO4S. The van der Waals surface area contributed by atoms with Gasteiger partial charge in [-0.25, -0.2) is 0 Å². The topological polar surface area (TPSA) is 70.8 Å². The zero-order valence-corrected chi connectivity index (χ0v) is 16.8. The predicted octanol–water partition coefficient (Wildman–Crippen LogP) is 4.75. The Bertz CT molecular complexity index is 1050. The lowest BCUT2D eigenvalue weighted by atomic mass is 9.96. The minimum absolute atomic E-state index is 0.183. The van der Waals surface area contributed by atoms with Crippen LogP contribution in [0, 0.1) is 6.92 Å². The normalized spacial score (nSPS) is 16.7. The highest BCUT2D eigenvalue weighted by atomic mass is 32.1. The summed E-state index contributed by atoms with van der Waals surface area (Å²) in [7, 11) is 0. The molecule has 1 atom stereocenters. The van der Waals surface area contributed by atoms with Crippen LogP contribution in [0.5, 0.6) is 0 Å². The number of aliphatic hydroxyl groups is 1. The van der Waals surface area contributed by atoms with E-state index in [2.05, 4.69) is 0 Å². The van der Waals surface area contributed by atoms with Gasteiger partial charge in [0.1, 0.15) is 11.8 Å². The quantitative estimate of drug-likeness (QED) is 0.614. The summed E-state index contributed by atoms with van der Waals surface area (Å²) in [5.41, 5.74) is 2.21. The number of aliphatic hydroxyl groups excluding tert-OH is 1. The van der Waals surface area contributed by atoms with Crippen LogP contribution in [-0.2, 0) is 22.6 Å². The van der Waals surface area contributed by atoms with Crippen molar-refractivity contribution in [1.82, 2.24) is 4.90 Å². The van der Waals surface area contributed by atoms with E-state index in [1.165, 1.54) is 16.2 Å². The molecule has 3 heterocycles. The molecule has 1 unspecified atom stereocenters. The van der Waals surface area contributed by atoms with Crippen molar-refractivity contribution < 1.29 is 19.1 Å². The molecule has 2 aromatic heterocycles. The highest BCUT2D eigenvalue weighted by Gasteiger charge is 2.44. The molecule has 0 bridgehead atoms. The minimum atomic E-state index is -0.601. The largest absolute Gasteiger partial charge is 0.503 e. The Morgan fingerprint density at radius 3 is 2.62 bits per heavy atom. The van der Waals surface area contributed by atoms with Crippen LogP contribution in [0.4, 0.5) is 0 Å². The van der Waals surface area contributed by atoms with Crippen molar-refractivity contribution in [3.05, 3.63) is 93.3 Å². The van der Waals surface area contributed by atoms with Crippen LogP contribution in [0.3, 0.4) is 0 Å². The van der Waals surface area contributed by atoms with E-state index in [1.54, 1.807) is 18.4 Å². The molecular weight excluding hydrogens is 386 g/mol. The van der Waals surface area contributed by atoms with Crippen LogP contribution in [0.25, 0.3) is 0 Å². The van der Waals surface area contributed by atoms with Crippen molar-refractivity contribution in [2.24, 2.45) is 0 Å². The first-order chi connectivity index (χ1) is 14.1. The van der Waals surface area contributed by atoms with Crippen LogP contribution in [0.1, 0.15) is 34.2 Å². The summed E-state index contributed by atoms with van der Waals surface area (Å²) >= 11 is 1.48. The molecule has 0 saturated heterocycles. The SMILES string of the molecule is Cc1ccsc1C1C(C(=O)CCc2ccccc2)=C(O)C(=O)N1Cc1ccco1. The molecule has 29 heavy (non-hydrogen) atoms. The number of aryl methyl sites for hydroxylation is 2. The van der Waals surface area contributed by atoms with Crippen LogP contribution >= 0.6 is 11.3 Å². The first-order valence-electron chi connectivity index (χ1n) is 9.44. The number of rotatable bonds is 7. The summed E-state index contributed by atoms with van der Waals surface area (Å²) in [4.78, 5) is 28.4. The van der Waals surface area contributed by atoms with Crippen molar-refractivity contribution in [2.45, 2.75) is 32.4 Å². The van der Waals surface area contributed by atoms with E-state index in [-0.39, 0.29) is 24.3 Å².